The molecule has 0 radical (unpaired) electrons. The van der Waals surface area contributed by atoms with Crippen LogP contribution in [0.25, 0.3) is 0 Å². The van der Waals surface area contributed by atoms with E-state index in [2.05, 4.69) is 6.92 Å². The highest BCUT2D eigenvalue weighted by Crippen LogP contribution is 2.32. The van der Waals surface area contributed by atoms with Crippen LogP contribution >= 0.6 is 0 Å². The molecule has 0 aliphatic heterocycles. The van der Waals surface area contributed by atoms with Crippen LogP contribution in [0.1, 0.15) is 44.6 Å². The summed E-state index contributed by atoms with van der Waals surface area (Å²) in [4.78, 5) is -0.384. The van der Waals surface area contributed by atoms with Gasteiger partial charge in [0.2, 0.25) is 0 Å². The maximum absolute atomic E-state index is 11.4. The second-order valence-corrected chi connectivity index (χ2v) is 7.41. The van der Waals surface area contributed by atoms with Crippen LogP contribution in [0, 0.1) is 0 Å². The lowest BCUT2D eigenvalue weighted by atomic mass is 10.1. The Morgan fingerprint density at radius 2 is 1.64 bits per heavy atom. The van der Waals surface area contributed by atoms with Gasteiger partial charge in [-0.15, -0.1) is 0 Å². The zero-order valence-electron chi connectivity index (χ0n) is 14.3. The highest BCUT2D eigenvalue weighted by Gasteiger charge is 2.18. The first-order chi connectivity index (χ1) is 11.9. The van der Waals surface area contributed by atoms with Crippen molar-refractivity contribution in [3.05, 3.63) is 48.0 Å². The molecule has 0 aliphatic carbocycles. The Hall–Kier alpha value is -2.05. The van der Waals surface area contributed by atoms with Gasteiger partial charge in [0.15, 0.2) is 5.75 Å². The van der Waals surface area contributed by atoms with E-state index in [-0.39, 0.29) is 16.4 Å². The van der Waals surface area contributed by atoms with Gasteiger partial charge in [0, 0.05) is 6.07 Å². The monoisotopic (exact) mass is 364 g/mol. The highest BCUT2D eigenvalue weighted by atomic mass is 32.2. The second-order valence-electron chi connectivity index (χ2n) is 6.02. The molecule has 0 saturated heterocycles. The van der Waals surface area contributed by atoms with Gasteiger partial charge in [0.1, 0.15) is 16.4 Å². The summed E-state index contributed by atoms with van der Waals surface area (Å²) in [5, 5.41) is 9.53. The van der Waals surface area contributed by atoms with Crippen molar-refractivity contribution in [3.8, 4) is 17.2 Å². The first-order valence-electron chi connectivity index (χ1n) is 8.47. The summed E-state index contributed by atoms with van der Waals surface area (Å²) in [6, 6.07) is 10.8. The van der Waals surface area contributed by atoms with Gasteiger partial charge in [-0.3, -0.25) is 4.55 Å². The van der Waals surface area contributed by atoms with Crippen molar-refractivity contribution in [1.29, 1.82) is 0 Å². The Bertz CT molecular complexity index is 782. The Morgan fingerprint density at radius 1 is 0.960 bits per heavy atom. The molecular formula is C19H24O5S. The molecular weight excluding hydrogens is 340 g/mol. The molecule has 0 fully saturated rings. The molecule has 2 rings (SSSR count). The van der Waals surface area contributed by atoms with Gasteiger partial charge >= 0.3 is 0 Å². The van der Waals surface area contributed by atoms with Crippen molar-refractivity contribution in [1.82, 2.24) is 0 Å². The average molecular weight is 364 g/mol. The minimum absolute atomic E-state index is 0.116. The average Bonchev–Trinajstić information content (AvgIpc) is 2.55. The van der Waals surface area contributed by atoms with Gasteiger partial charge < -0.3 is 9.84 Å². The normalized spacial score (nSPS) is 11.4. The zero-order valence-corrected chi connectivity index (χ0v) is 15.1. The van der Waals surface area contributed by atoms with E-state index in [1.165, 1.54) is 37.3 Å². The summed E-state index contributed by atoms with van der Waals surface area (Å²) in [5.41, 5.74) is 1.19. The summed E-state index contributed by atoms with van der Waals surface area (Å²) >= 11 is 0. The van der Waals surface area contributed by atoms with E-state index >= 15 is 0 Å². The van der Waals surface area contributed by atoms with E-state index in [0.29, 0.717) is 5.75 Å². The van der Waals surface area contributed by atoms with Crippen LogP contribution in [0.4, 0.5) is 0 Å². The molecule has 0 aliphatic rings. The van der Waals surface area contributed by atoms with Crippen LogP contribution in [0.3, 0.4) is 0 Å². The molecule has 0 aromatic heterocycles. The number of ether oxygens (including phenoxy) is 1. The van der Waals surface area contributed by atoms with Crippen molar-refractivity contribution in [3.63, 3.8) is 0 Å². The number of unbranched alkanes of at least 4 members (excludes halogenated alkanes) is 4. The largest absolute Gasteiger partial charge is 0.508 e. The van der Waals surface area contributed by atoms with Gasteiger partial charge in [-0.2, -0.15) is 8.42 Å². The fourth-order valence-electron chi connectivity index (χ4n) is 2.57. The van der Waals surface area contributed by atoms with Crippen LogP contribution in [0.2, 0.25) is 0 Å². The molecule has 0 amide bonds. The number of phenolic OH excluding ortho intramolecular Hbond substituents is 1. The van der Waals surface area contributed by atoms with E-state index in [1.54, 1.807) is 12.1 Å². The maximum Gasteiger partial charge on any atom is 0.298 e. The SMILES string of the molecule is CCCCCCCc1ccc(Oc2cc(O)ccc2S(=O)(=O)O)cc1. The van der Waals surface area contributed by atoms with Crippen molar-refractivity contribution >= 4 is 10.1 Å². The van der Waals surface area contributed by atoms with Gasteiger partial charge in [0.25, 0.3) is 10.1 Å². The first kappa shape index (κ1) is 19.3. The maximum atomic E-state index is 11.4. The van der Waals surface area contributed by atoms with Crippen molar-refractivity contribution in [2.75, 3.05) is 0 Å². The molecule has 0 atom stereocenters. The van der Waals surface area contributed by atoms with Crippen molar-refractivity contribution < 1.29 is 22.8 Å². The number of rotatable bonds is 9. The fourth-order valence-corrected chi connectivity index (χ4v) is 3.17. The lowest BCUT2D eigenvalue weighted by Crippen LogP contribution is -2.01. The van der Waals surface area contributed by atoms with E-state index < -0.39 is 10.1 Å². The summed E-state index contributed by atoms with van der Waals surface area (Å²) in [7, 11) is -4.43. The highest BCUT2D eigenvalue weighted by molar-refractivity contribution is 7.86. The molecule has 0 spiro atoms. The minimum atomic E-state index is -4.43. The summed E-state index contributed by atoms with van der Waals surface area (Å²) < 4.78 is 37.6. The minimum Gasteiger partial charge on any atom is -0.508 e. The molecule has 0 heterocycles. The summed E-state index contributed by atoms with van der Waals surface area (Å²) in [5.74, 6) is 0.172. The molecule has 25 heavy (non-hydrogen) atoms. The third kappa shape index (κ3) is 6.07. The third-order valence-corrected chi connectivity index (χ3v) is 4.82. The van der Waals surface area contributed by atoms with Crippen LogP contribution in [-0.2, 0) is 16.5 Å². The first-order valence-corrected chi connectivity index (χ1v) is 9.91. The Labute approximate surface area is 149 Å². The second kappa shape index (κ2) is 8.87. The lowest BCUT2D eigenvalue weighted by molar-refractivity contribution is 0.437. The van der Waals surface area contributed by atoms with Crippen molar-refractivity contribution in [2.45, 2.75) is 50.3 Å². The molecule has 6 heteroatoms. The van der Waals surface area contributed by atoms with E-state index in [4.69, 9.17) is 4.74 Å². The van der Waals surface area contributed by atoms with Gasteiger partial charge in [-0.1, -0.05) is 44.7 Å². The molecule has 2 aromatic carbocycles. The molecule has 2 aromatic rings. The Kier molecular flexibility index (Phi) is 6.84. The van der Waals surface area contributed by atoms with Gasteiger partial charge in [-0.25, -0.2) is 0 Å². The molecule has 0 unspecified atom stereocenters. The number of phenols is 1. The predicted molar refractivity (Wildman–Crippen MR) is 96.9 cm³/mol. The standard InChI is InChI=1S/C19H24O5S/c1-2-3-4-5-6-7-15-8-11-17(12-9-15)24-18-14-16(20)10-13-19(18)25(21,22)23/h8-14,20H,2-7H2,1H3,(H,21,22,23). The predicted octanol–water partition coefficient (Wildman–Crippen LogP) is 4.94. The summed E-state index contributed by atoms with van der Waals surface area (Å²) in [6.07, 6.45) is 7.10. The number of hydrogen-bond acceptors (Lipinski definition) is 4. The molecule has 136 valence electrons. The molecule has 2 N–H and O–H groups in total. The zero-order chi connectivity index (χ0) is 18.3. The molecule has 5 nitrogen and oxygen atoms in total. The number of benzene rings is 2. The third-order valence-electron chi connectivity index (χ3n) is 3.93. The van der Waals surface area contributed by atoms with E-state index in [9.17, 15) is 18.1 Å². The van der Waals surface area contributed by atoms with Crippen LogP contribution < -0.4 is 4.74 Å². The van der Waals surface area contributed by atoms with Crippen molar-refractivity contribution in [2.24, 2.45) is 0 Å². The van der Waals surface area contributed by atoms with Gasteiger partial charge in [-0.05, 0) is 42.7 Å². The summed E-state index contributed by atoms with van der Waals surface area (Å²) in [6.45, 7) is 2.19. The fraction of sp³-hybridized carbons (Fsp3) is 0.368. The quantitative estimate of drug-likeness (QED) is 0.486. The van der Waals surface area contributed by atoms with Crippen LogP contribution in [0.5, 0.6) is 17.2 Å². The van der Waals surface area contributed by atoms with Gasteiger partial charge in [0.05, 0.1) is 0 Å². The number of aryl methyl sites for hydroxylation is 1. The number of aromatic hydroxyl groups is 1. The smallest absolute Gasteiger partial charge is 0.298 e. The Balaban J connectivity index is 2.03. The van der Waals surface area contributed by atoms with Crippen LogP contribution in [-0.4, -0.2) is 18.1 Å². The number of hydrogen-bond donors (Lipinski definition) is 2. The molecule has 0 bridgehead atoms. The molecule has 0 saturated carbocycles. The Morgan fingerprint density at radius 3 is 2.28 bits per heavy atom. The lowest BCUT2D eigenvalue weighted by Gasteiger charge is -2.10. The van der Waals surface area contributed by atoms with Crippen LogP contribution in [0.15, 0.2) is 47.4 Å². The topological polar surface area (TPSA) is 83.8 Å². The van der Waals surface area contributed by atoms with E-state index in [1.807, 2.05) is 12.1 Å². The van der Waals surface area contributed by atoms with E-state index in [0.717, 1.165) is 25.0 Å².